The Hall–Kier alpha value is -3.09. The highest BCUT2D eigenvalue weighted by atomic mass is 19.4. The number of hydrogen-bond acceptors (Lipinski definition) is 4. The van der Waals surface area contributed by atoms with E-state index in [2.05, 4.69) is 21.6 Å². The van der Waals surface area contributed by atoms with Crippen LogP contribution in [0.5, 0.6) is 11.5 Å². The Labute approximate surface area is 186 Å². The summed E-state index contributed by atoms with van der Waals surface area (Å²) in [5.41, 5.74) is 2.49. The van der Waals surface area contributed by atoms with Crippen LogP contribution in [-0.4, -0.2) is 22.9 Å². The van der Waals surface area contributed by atoms with Crippen molar-refractivity contribution >= 4 is 0 Å². The molecule has 0 unspecified atom stereocenters. The predicted octanol–water partition coefficient (Wildman–Crippen LogP) is 7.45. The fourth-order valence-corrected chi connectivity index (χ4v) is 3.27. The maximum Gasteiger partial charge on any atom is 0.573 e. The van der Waals surface area contributed by atoms with Crippen molar-refractivity contribution in [2.45, 2.75) is 51.8 Å². The zero-order valence-electron chi connectivity index (χ0n) is 18.1. The molecule has 0 saturated heterocycles. The van der Waals surface area contributed by atoms with Gasteiger partial charge in [-0.2, -0.15) is 0 Å². The van der Waals surface area contributed by atoms with Gasteiger partial charge in [-0.1, -0.05) is 75.4 Å². The molecule has 32 heavy (non-hydrogen) atoms. The summed E-state index contributed by atoms with van der Waals surface area (Å²) in [5.74, 6) is 0.988. The first-order valence-electron chi connectivity index (χ1n) is 10.9. The van der Waals surface area contributed by atoms with E-state index >= 15 is 0 Å². The van der Waals surface area contributed by atoms with Crippen molar-refractivity contribution in [2.24, 2.45) is 0 Å². The summed E-state index contributed by atoms with van der Waals surface area (Å²) in [5, 5.41) is 0. The molecule has 0 aliphatic rings. The molecule has 0 aliphatic heterocycles. The van der Waals surface area contributed by atoms with Crippen LogP contribution in [0.1, 0.15) is 45.4 Å². The molecule has 0 aliphatic carbocycles. The number of benzene rings is 2. The van der Waals surface area contributed by atoms with Crippen molar-refractivity contribution in [3.8, 4) is 34.0 Å². The number of aromatic nitrogens is 2. The molecule has 0 bridgehead atoms. The van der Waals surface area contributed by atoms with Gasteiger partial charge < -0.3 is 9.47 Å². The number of ether oxygens (including phenoxy) is 2. The largest absolute Gasteiger partial charge is 0.573 e. The minimum Gasteiger partial charge on any atom is -0.490 e. The molecule has 0 N–H and O–H groups in total. The van der Waals surface area contributed by atoms with Crippen LogP contribution in [-0.2, 0) is 0 Å². The lowest BCUT2D eigenvalue weighted by Crippen LogP contribution is -2.16. The van der Waals surface area contributed by atoms with Gasteiger partial charge in [-0.15, -0.1) is 13.2 Å². The molecule has 1 heterocycles. The Bertz CT molecular complexity index is 941. The molecule has 4 nitrogen and oxygen atoms in total. The van der Waals surface area contributed by atoms with Gasteiger partial charge in [0.2, 0.25) is 0 Å². The fourth-order valence-electron chi connectivity index (χ4n) is 3.27. The van der Waals surface area contributed by atoms with Gasteiger partial charge in [0.1, 0.15) is 5.75 Å². The molecule has 2 aromatic carbocycles. The van der Waals surface area contributed by atoms with Crippen LogP contribution in [0.4, 0.5) is 13.2 Å². The summed E-state index contributed by atoms with van der Waals surface area (Å²) in [6.45, 7) is 2.87. The van der Waals surface area contributed by atoms with Gasteiger partial charge in [0.05, 0.1) is 19.0 Å². The molecule has 0 radical (unpaired) electrons. The third-order valence-corrected chi connectivity index (χ3v) is 4.96. The number of nitrogens with zero attached hydrogens (tertiary/aromatic N) is 2. The van der Waals surface area contributed by atoms with Gasteiger partial charge in [-0.05, 0) is 29.7 Å². The van der Waals surface area contributed by atoms with Crippen molar-refractivity contribution in [1.29, 1.82) is 0 Å². The number of alkyl halides is 3. The van der Waals surface area contributed by atoms with Crippen LogP contribution in [0.25, 0.3) is 22.5 Å². The number of halogens is 3. The molecule has 0 spiro atoms. The zero-order valence-corrected chi connectivity index (χ0v) is 18.1. The Kier molecular flexibility index (Phi) is 8.48. The van der Waals surface area contributed by atoms with E-state index in [1.807, 2.05) is 24.3 Å². The van der Waals surface area contributed by atoms with E-state index < -0.39 is 6.36 Å². The highest BCUT2D eigenvalue weighted by Gasteiger charge is 2.30. The molecule has 0 atom stereocenters. The fraction of sp³-hybridized carbons (Fsp3) is 0.360. The van der Waals surface area contributed by atoms with Gasteiger partial charge in [0, 0.05) is 5.56 Å². The standard InChI is InChI=1S/C25H27F3N2O2/c1-2-3-4-5-6-7-16-31-23-17-29-24(30-18-23)21-10-8-19(9-11-21)20-12-14-22(15-13-20)32-25(26,27)28/h8-15,17-18H,2-7,16H2,1H3. The Morgan fingerprint density at radius 3 is 1.81 bits per heavy atom. The first kappa shape index (κ1) is 23.6. The first-order valence-corrected chi connectivity index (χ1v) is 10.9. The Morgan fingerprint density at radius 1 is 0.688 bits per heavy atom. The number of hydrogen-bond donors (Lipinski definition) is 0. The van der Waals surface area contributed by atoms with Crippen LogP contribution in [0.2, 0.25) is 0 Å². The molecule has 7 heteroatoms. The lowest BCUT2D eigenvalue weighted by molar-refractivity contribution is -0.274. The summed E-state index contributed by atoms with van der Waals surface area (Å²) in [4.78, 5) is 8.75. The summed E-state index contributed by atoms with van der Waals surface area (Å²) in [7, 11) is 0. The van der Waals surface area contributed by atoms with Gasteiger partial charge in [0.15, 0.2) is 11.6 Å². The van der Waals surface area contributed by atoms with Crippen molar-refractivity contribution in [3.05, 3.63) is 60.9 Å². The van der Waals surface area contributed by atoms with E-state index in [1.54, 1.807) is 24.5 Å². The molecule has 1 aromatic heterocycles. The van der Waals surface area contributed by atoms with Crippen LogP contribution in [0, 0.1) is 0 Å². The highest BCUT2D eigenvalue weighted by Crippen LogP contribution is 2.28. The smallest absolute Gasteiger partial charge is 0.490 e. The predicted molar refractivity (Wildman–Crippen MR) is 118 cm³/mol. The quantitative estimate of drug-likeness (QED) is 0.288. The average Bonchev–Trinajstić information content (AvgIpc) is 2.79. The van der Waals surface area contributed by atoms with E-state index in [0.717, 1.165) is 23.1 Å². The molecule has 0 amide bonds. The molecule has 0 fully saturated rings. The van der Waals surface area contributed by atoms with Crippen molar-refractivity contribution in [2.75, 3.05) is 6.61 Å². The molecule has 0 saturated carbocycles. The van der Waals surface area contributed by atoms with Gasteiger partial charge in [0.25, 0.3) is 0 Å². The first-order chi connectivity index (χ1) is 15.4. The summed E-state index contributed by atoms with van der Waals surface area (Å²) in [6, 6.07) is 13.3. The zero-order chi connectivity index (χ0) is 22.8. The maximum absolute atomic E-state index is 12.3. The molecule has 3 rings (SSSR count). The third-order valence-electron chi connectivity index (χ3n) is 4.96. The molecule has 170 valence electrons. The Balaban J connectivity index is 1.52. The van der Waals surface area contributed by atoms with Crippen molar-refractivity contribution in [3.63, 3.8) is 0 Å². The Morgan fingerprint density at radius 2 is 1.22 bits per heavy atom. The van der Waals surface area contributed by atoms with Crippen LogP contribution >= 0.6 is 0 Å². The van der Waals surface area contributed by atoms with Gasteiger partial charge in [-0.3, -0.25) is 0 Å². The minimum absolute atomic E-state index is 0.245. The van der Waals surface area contributed by atoms with E-state index in [0.29, 0.717) is 18.2 Å². The maximum atomic E-state index is 12.3. The second-order valence-corrected chi connectivity index (χ2v) is 7.51. The van der Waals surface area contributed by atoms with Crippen LogP contribution < -0.4 is 9.47 Å². The summed E-state index contributed by atoms with van der Waals surface area (Å²) < 4.78 is 46.5. The van der Waals surface area contributed by atoms with Crippen molar-refractivity contribution < 1.29 is 22.6 Å². The van der Waals surface area contributed by atoms with Crippen LogP contribution in [0.3, 0.4) is 0 Å². The topological polar surface area (TPSA) is 44.2 Å². The monoisotopic (exact) mass is 444 g/mol. The summed E-state index contributed by atoms with van der Waals surface area (Å²) >= 11 is 0. The van der Waals surface area contributed by atoms with E-state index in [4.69, 9.17) is 4.74 Å². The van der Waals surface area contributed by atoms with Crippen LogP contribution in [0.15, 0.2) is 60.9 Å². The lowest BCUT2D eigenvalue weighted by atomic mass is 10.0. The van der Waals surface area contributed by atoms with E-state index in [-0.39, 0.29) is 5.75 Å². The summed E-state index contributed by atoms with van der Waals surface area (Å²) in [6.07, 6.45) is 5.91. The lowest BCUT2D eigenvalue weighted by Gasteiger charge is -2.09. The second-order valence-electron chi connectivity index (χ2n) is 7.51. The van der Waals surface area contributed by atoms with Crippen molar-refractivity contribution in [1.82, 2.24) is 9.97 Å². The highest BCUT2D eigenvalue weighted by molar-refractivity contribution is 5.68. The second kappa shape index (κ2) is 11.5. The van der Waals surface area contributed by atoms with E-state index in [9.17, 15) is 13.2 Å². The number of rotatable bonds is 11. The molecular formula is C25H27F3N2O2. The SMILES string of the molecule is CCCCCCCCOc1cnc(-c2ccc(-c3ccc(OC(F)(F)F)cc3)cc2)nc1. The van der Waals surface area contributed by atoms with Gasteiger partial charge in [-0.25, -0.2) is 9.97 Å². The third kappa shape index (κ3) is 7.55. The molecule has 3 aromatic rings. The average molecular weight is 444 g/mol. The molecular weight excluding hydrogens is 417 g/mol. The number of unbranched alkanes of at least 4 members (excludes halogenated alkanes) is 5. The van der Waals surface area contributed by atoms with E-state index in [1.165, 1.54) is 44.2 Å². The normalized spacial score (nSPS) is 11.4. The minimum atomic E-state index is -4.70. The van der Waals surface area contributed by atoms with Gasteiger partial charge >= 0.3 is 6.36 Å².